The van der Waals surface area contributed by atoms with Gasteiger partial charge in [-0.3, -0.25) is 0 Å². The molecule has 0 amide bonds. The van der Waals surface area contributed by atoms with Crippen LogP contribution in [-0.4, -0.2) is 76.7 Å². The summed E-state index contributed by atoms with van der Waals surface area (Å²) in [7, 11) is 13.1. The van der Waals surface area contributed by atoms with Crippen LogP contribution in [0.3, 0.4) is 0 Å². The van der Waals surface area contributed by atoms with E-state index in [0.29, 0.717) is 12.8 Å². The molecule has 0 heterocycles. The number of unbranched alkanes of at least 4 members (excludes halogenated alkanes) is 6. The first kappa shape index (κ1) is 48.3. The van der Waals surface area contributed by atoms with Crippen molar-refractivity contribution in [2.75, 3.05) is 55.4 Å². The van der Waals surface area contributed by atoms with Crippen LogP contribution in [0.4, 0.5) is 26.3 Å². The molecule has 1 unspecified atom stereocenters. The maximum atomic E-state index is 16.3. The van der Waals surface area contributed by atoms with Gasteiger partial charge in [0, 0.05) is 10.8 Å². The second kappa shape index (κ2) is 17.2. The van der Waals surface area contributed by atoms with Crippen LogP contribution in [0.15, 0.2) is 72.8 Å². The highest BCUT2D eigenvalue weighted by Crippen LogP contribution is 2.60. The fourth-order valence-corrected chi connectivity index (χ4v) is 11.7. The van der Waals surface area contributed by atoms with E-state index in [1.165, 1.54) is 26.3 Å². The Hall–Kier alpha value is -3.62. The lowest BCUT2D eigenvalue weighted by atomic mass is 9.67. The molecular formula is C56H74F6N2+2. The summed E-state index contributed by atoms with van der Waals surface area (Å²) >= 11 is 0. The van der Waals surface area contributed by atoms with Crippen LogP contribution >= 0.6 is 0 Å². The van der Waals surface area contributed by atoms with Gasteiger partial charge in [0.25, 0.3) is 0 Å². The van der Waals surface area contributed by atoms with Gasteiger partial charge in [-0.2, -0.15) is 26.3 Å². The molecule has 0 saturated heterocycles. The van der Waals surface area contributed by atoms with Crippen LogP contribution in [0, 0.1) is 6.92 Å². The van der Waals surface area contributed by atoms with Crippen LogP contribution in [0.1, 0.15) is 155 Å². The van der Waals surface area contributed by atoms with E-state index in [1.807, 2.05) is 30.3 Å². The van der Waals surface area contributed by atoms with Crippen molar-refractivity contribution in [3.05, 3.63) is 117 Å². The lowest BCUT2D eigenvalue weighted by molar-refractivity contribution is -0.870. The highest BCUT2D eigenvalue weighted by atomic mass is 19.4. The van der Waals surface area contributed by atoms with E-state index in [9.17, 15) is 13.2 Å². The Morgan fingerprint density at radius 1 is 0.469 bits per heavy atom. The zero-order valence-corrected chi connectivity index (χ0v) is 40.4. The topological polar surface area (TPSA) is 0 Å². The van der Waals surface area contributed by atoms with Crippen LogP contribution in [-0.2, 0) is 21.7 Å². The van der Waals surface area contributed by atoms with E-state index in [-0.39, 0.29) is 22.1 Å². The third-order valence-corrected chi connectivity index (χ3v) is 15.9. The first-order valence-electron chi connectivity index (χ1n) is 24.1. The molecule has 348 valence electrons. The second-order valence-corrected chi connectivity index (χ2v) is 22.8. The van der Waals surface area contributed by atoms with Gasteiger partial charge < -0.3 is 8.97 Å². The highest BCUT2D eigenvalue weighted by molar-refractivity contribution is 5.84. The smallest absolute Gasteiger partial charge is 0.331 e. The van der Waals surface area contributed by atoms with Crippen molar-refractivity contribution in [1.29, 1.82) is 0 Å². The Labute approximate surface area is 380 Å². The molecule has 3 aliphatic carbocycles. The number of benzene rings is 4. The zero-order chi connectivity index (χ0) is 46.7. The summed E-state index contributed by atoms with van der Waals surface area (Å²) < 4.78 is 95.0. The number of rotatable bonds is 17. The Balaban J connectivity index is 1.36. The average molecular weight is 889 g/mol. The van der Waals surface area contributed by atoms with Crippen molar-refractivity contribution < 1.29 is 35.3 Å². The van der Waals surface area contributed by atoms with E-state index < -0.39 is 28.6 Å². The molecule has 0 aliphatic heterocycles. The van der Waals surface area contributed by atoms with Gasteiger partial charge >= 0.3 is 12.4 Å². The van der Waals surface area contributed by atoms with Crippen LogP contribution < -0.4 is 0 Å². The summed E-state index contributed by atoms with van der Waals surface area (Å²) in [6.45, 7) is 7.97. The molecule has 4 aromatic rings. The normalized spacial score (nSPS) is 17.6. The first-order valence-corrected chi connectivity index (χ1v) is 24.1. The van der Waals surface area contributed by atoms with Gasteiger partial charge in [0.05, 0.1) is 60.8 Å². The molecule has 7 rings (SSSR count). The summed E-state index contributed by atoms with van der Waals surface area (Å²) in [5.41, 5.74) is 4.07. The van der Waals surface area contributed by atoms with E-state index in [0.717, 1.165) is 144 Å². The molecule has 1 saturated carbocycles. The fraction of sp³-hybridized carbons (Fsp3) is 0.571. The van der Waals surface area contributed by atoms with Crippen molar-refractivity contribution in [1.82, 2.24) is 0 Å². The van der Waals surface area contributed by atoms with Crippen molar-refractivity contribution in [3.63, 3.8) is 0 Å². The van der Waals surface area contributed by atoms with Crippen molar-refractivity contribution in [2.45, 2.75) is 152 Å². The largest absolute Gasteiger partial charge is 0.402 e. The molecule has 3 aliphatic rings. The summed E-state index contributed by atoms with van der Waals surface area (Å²) in [5.74, 6) is 0. The van der Waals surface area contributed by atoms with E-state index in [1.54, 1.807) is 24.3 Å². The quantitative estimate of drug-likeness (QED) is 0.0563. The van der Waals surface area contributed by atoms with Crippen molar-refractivity contribution in [2.24, 2.45) is 0 Å². The van der Waals surface area contributed by atoms with Gasteiger partial charge in [0.2, 0.25) is 0 Å². The van der Waals surface area contributed by atoms with Crippen molar-refractivity contribution >= 4 is 0 Å². The molecular weight excluding hydrogens is 815 g/mol. The fourth-order valence-electron chi connectivity index (χ4n) is 11.7. The highest BCUT2D eigenvalue weighted by Gasteiger charge is 2.56. The molecule has 0 radical (unpaired) electrons. The molecule has 4 aromatic carbocycles. The summed E-state index contributed by atoms with van der Waals surface area (Å²) in [4.78, 5) is 0. The zero-order valence-electron chi connectivity index (χ0n) is 40.4. The van der Waals surface area contributed by atoms with Crippen LogP contribution in [0.25, 0.3) is 22.3 Å². The third kappa shape index (κ3) is 8.85. The van der Waals surface area contributed by atoms with Gasteiger partial charge in [-0.1, -0.05) is 117 Å². The van der Waals surface area contributed by atoms with E-state index in [4.69, 9.17) is 0 Å². The third-order valence-electron chi connectivity index (χ3n) is 15.9. The molecule has 0 aromatic heterocycles. The monoisotopic (exact) mass is 889 g/mol. The maximum absolute atomic E-state index is 16.3. The Bertz CT molecular complexity index is 2290. The maximum Gasteiger partial charge on any atom is 0.402 e. The summed E-state index contributed by atoms with van der Waals surface area (Å²) in [5, 5.41) is 0. The molecule has 1 spiro atoms. The molecule has 0 bridgehead atoms. The predicted molar refractivity (Wildman–Crippen MR) is 252 cm³/mol. The minimum Gasteiger partial charge on any atom is -0.331 e. The lowest BCUT2D eigenvalue weighted by Gasteiger charge is -2.37. The Morgan fingerprint density at radius 3 is 1.31 bits per heavy atom. The molecule has 2 nitrogen and oxygen atoms in total. The number of nitrogens with zero attached hydrogens (tertiary/aromatic N) is 2. The molecule has 8 heteroatoms. The minimum absolute atomic E-state index is 0.185. The van der Waals surface area contributed by atoms with Gasteiger partial charge in [-0.25, -0.2) is 0 Å². The number of halogens is 6. The number of fused-ring (bicyclic) bond motifs is 8. The van der Waals surface area contributed by atoms with E-state index in [2.05, 4.69) is 67.4 Å². The lowest BCUT2D eigenvalue weighted by Crippen LogP contribution is -2.41. The van der Waals surface area contributed by atoms with Crippen molar-refractivity contribution in [3.8, 4) is 22.3 Å². The van der Waals surface area contributed by atoms with Gasteiger partial charge in [0.1, 0.15) is 5.41 Å². The van der Waals surface area contributed by atoms with Gasteiger partial charge in [-0.05, 0) is 140 Å². The van der Waals surface area contributed by atoms with E-state index >= 15 is 13.2 Å². The second-order valence-electron chi connectivity index (χ2n) is 22.8. The standard InChI is InChI=1S/C56H74F6N2/c1-39-21-25-43-45-27-23-41(37-49(45)53(47(43)35-39)31-17-18-32-53)52(4,56(60,61)62)42-24-28-46-44-26-22-40(51(2,3)55(57,58)59)36-48(44)54(50(46)38-42,29-15-11-13-19-33-63(5,6)7)30-16-12-14-20-34-64(8,9)10/h21-28,35-38H,11-20,29-34H2,1-10H3/q+2. The number of quaternary nitrogens is 2. The van der Waals surface area contributed by atoms with Gasteiger partial charge in [0.15, 0.2) is 0 Å². The number of hydrogen-bond acceptors (Lipinski definition) is 0. The summed E-state index contributed by atoms with van der Waals surface area (Å²) in [6, 6.07) is 22.6. The Morgan fingerprint density at radius 2 is 0.859 bits per heavy atom. The van der Waals surface area contributed by atoms with Crippen LogP contribution in [0.2, 0.25) is 0 Å². The molecule has 1 atom stereocenters. The number of hydrogen-bond donors (Lipinski definition) is 0. The molecule has 64 heavy (non-hydrogen) atoms. The average Bonchev–Trinajstić information content (AvgIpc) is 3.88. The minimum atomic E-state index is -4.64. The SMILES string of the molecule is Cc1ccc2c(c1)C1(CCCC1)c1cc(C(C)(c3ccc4c(c3)C(CCCCCC[N+](C)(C)C)(CCCCCC[N+](C)(C)C)c3cc(C(C)(C)C(F)(F)F)ccc3-4)C(F)(F)F)ccc1-2. The van der Waals surface area contributed by atoms with Crippen LogP contribution in [0.5, 0.6) is 0 Å². The number of alkyl halides is 6. The predicted octanol–water partition coefficient (Wildman–Crippen LogP) is 15.1. The Kier molecular flexibility index (Phi) is 13.0. The first-order chi connectivity index (χ1) is 29.8. The number of aryl methyl sites for hydroxylation is 1. The molecule has 0 N–H and O–H groups in total. The van der Waals surface area contributed by atoms with Gasteiger partial charge in [-0.15, -0.1) is 0 Å². The summed E-state index contributed by atoms with van der Waals surface area (Å²) in [6.07, 6.45) is 3.82. The molecule has 1 fully saturated rings.